The van der Waals surface area contributed by atoms with Gasteiger partial charge in [-0.25, -0.2) is 0 Å². The highest BCUT2D eigenvalue weighted by Gasteiger charge is 2.19. The van der Waals surface area contributed by atoms with Gasteiger partial charge in [-0.05, 0) is 83.5 Å². The van der Waals surface area contributed by atoms with Crippen molar-refractivity contribution >= 4 is 17.9 Å². The van der Waals surface area contributed by atoms with Crippen molar-refractivity contribution in [2.24, 2.45) is 0 Å². The van der Waals surface area contributed by atoms with Crippen LogP contribution in [0, 0.1) is 0 Å². The Kier molecular flexibility index (Phi) is 53.3. The van der Waals surface area contributed by atoms with E-state index in [1.54, 1.807) is 0 Å². The number of allylic oxidation sites excluding steroid dienone is 10. The van der Waals surface area contributed by atoms with Crippen LogP contribution in [0.25, 0.3) is 0 Å². The summed E-state index contributed by atoms with van der Waals surface area (Å²) in [5.74, 6) is -0.892. The molecule has 0 saturated carbocycles. The molecule has 388 valence electrons. The van der Waals surface area contributed by atoms with Crippen LogP contribution in [-0.2, 0) is 28.6 Å². The number of rotatable bonds is 52. The smallest absolute Gasteiger partial charge is 0.306 e. The van der Waals surface area contributed by atoms with Crippen LogP contribution >= 0.6 is 0 Å². The first kappa shape index (κ1) is 64.1. The number of hydrogen-bond donors (Lipinski definition) is 0. The molecule has 0 bridgehead atoms. The summed E-state index contributed by atoms with van der Waals surface area (Å²) in [6.45, 7) is 6.52. The normalized spacial score (nSPS) is 12.5. The van der Waals surface area contributed by atoms with E-state index in [-0.39, 0.29) is 31.1 Å². The van der Waals surface area contributed by atoms with E-state index in [2.05, 4.69) is 81.5 Å². The number of hydrogen-bond acceptors (Lipinski definition) is 6. The molecule has 6 heteroatoms. The summed E-state index contributed by atoms with van der Waals surface area (Å²) >= 11 is 0. The molecule has 0 aliphatic rings. The van der Waals surface area contributed by atoms with Crippen molar-refractivity contribution in [1.82, 2.24) is 0 Å². The minimum atomic E-state index is -0.784. The average molecular weight is 938 g/mol. The van der Waals surface area contributed by atoms with Crippen molar-refractivity contribution in [3.63, 3.8) is 0 Å². The molecule has 0 rings (SSSR count). The second-order valence-corrected chi connectivity index (χ2v) is 19.2. The van der Waals surface area contributed by atoms with Gasteiger partial charge in [0.1, 0.15) is 13.2 Å². The van der Waals surface area contributed by atoms with Crippen molar-refractivity contribution in [1.29, 1.82) is 0 Å². The number of ether oxygens (including phenoxy) is 3. The molecule has 1 unspecified atom stereocenters. The van der Waals surface area contributed by atoms with Gasteiger partial charge >= 0.3 is 17.9 Å². The third kappa shape index (κ3) is 53.9. The van der Waals surface area contributed by atoms with Crippen molar-refractivity contribution < 1.29 is 28.6 Å². The monoisotopic (exact) mass is 937 g/mol. The lowest BCUT2D eigenvalue weighted by Gasteiger charge is -2.18. The predicted molar refractivity (Wildman–Crippen MR) is 288 cm³/mol. The summed E-state index contributed by atoms with van der Waals surface area (Å²) in [5.41, 5.74) is 0. The molecule has 0 N–H and O–H groups in total. The minimum Gasteiger partial charge on any atom is -0.462 e. The van der Waals surface area contributed by atoms with Gasteiger partial charge < -0.3 is 14.2 Å². The van der Waals surface area contributed by atoms with Crippen molar-refractivity contribution in [3.05, 3.63) is 60.8 Å². The number of unbranched alkanes of at least 4 members (excludes halogenated alkanes) is 31. The third-order valence-electron chi connectivity index (χ3n) is 12.5. The Hall–Kier alpha value is -2.89. The van der Waals surface area contributed by atoms with Crippen molar-refractivity contribution in [2.75, 3.05) is 13.2 Å². The Bertz CT molecular complexity index is 1210. The predicted octanol–water partition coefficient (Wildman–Crippen LogP) is 19.2. The highest BCUT2D eigenvalue weighted by atomic mass is 16.6. The summed E-state index contributed by atoms with van der Waals surface area (Å²) in [4.78, 5) is 38.2. The van der Waals surface area contributed by atoms with Crippen LogP contribution in [0.5, 0.6) is 0 Å². The Morgan fingerprint density at radius 1 is 0.313 bits per heavy atom. The van der Waals surface area contributed by atoms with Gasteiger partial charge in [-0.15, -0.1) is 0 Å². The molecule has 0 saturated heterocycles. The molecular formula is C61H108O6. The fourth-order valence-corrected chi connectivity index (χ4v) is 8.19. The van der Waals surface area contributed by atoms with E-state index in [0.717, 1.165) is 109 Å². The lowest BCUT2D eigenvalue weighted by atomic mass is 10.0. The second-order valence-electron chi connectivity index (χ2n) is 19.2. The zero-order chi connectivity index (χ0) is 48.6. The van der Waals surface area contributed by atoms with E-state index < -0.39 is 6.10 Å². The van der Waals surface area contributed by atoms with Gasteiger partial charge in [0, 0.05) is 19.3 Å². The van der Waals surface area contributed by atoms with Gasteiger partial charge in [0.25, 0.3) is 0 Å². The van der Waals surface area contributed by atoms with Gasteiger partial charge in [-0.2, -0.15) is 0 Å². The molecule has 0 heterocycles. The fourth-order valence-electron chi connectivity index (χ4n) is 8.19. The minimum absolute atomic E-state index is 0.0806. The van der Waals surface area contributed by atoms with E-state index in [1.165, 1.54) is 141 Å². The van der Waals surface area contributed by atoms with Crippen LogP contribution in [0.15, 0.2) is 60.8 Å². The van der Waals surface area contributed by atoms with Crippen LogP contribution < -0.4 is 0 Å². The maximum Gasteiger partial charge on any atom is 0.306 e. The first-order chi connectivity index (χ1) is 33.0. The third-order valence-corrected chi connectivity index (χ3v) is 12.5. The molecule has 0 aromatic rings. The van der Waals surface area contributed by atoms with E-state index in [4.69, 9.17) is 14.2 Å². The van der Waals surface area contributed by atoms with Crippen LogP contribution in [0.2, 0.25) is 0 Å². The van der Waals surface area contributed by atoms with Gasteiger partial charge in [-0.1, -0.05) is 248 Å². The number of esters is 3. The van der Waals surface area contributed by atoms with Crippen LogP contribution in [0.4, 0.5) is 0 Å². The SMILES string of the molecule is CC/C=C\C/C=C\C/C=C\CCCCCCCCCC(=O)OCC(COC(=O)CCCCCCCCCCCCCCCCCC)OC(=O)CCCCCCC/C=C\C/C=C\CCCCCC. The highest BCUT2D eigenvalue weighted by molar-refractivity contribution is 5.71. The van der Waals surface area contributed by atoms with Crippen molar-refractivity contribution in [3.8, 4) is 0 Å². The molecule has 0 aliphatic heterocycles. The second kappa shape index (κ2) is 55.7. The Balaban J connectivity index is 4.40. The molecule has 0 aromatic carbocycles. The maximum absolute atomic E-state index is 12.8. The van der Waals surface area contributed by atoms with E-state index in [0.29, 0.717) is 19.3 Å². The quantitative estimate of drug-likeness (QED) is 0.0262. The molecule has 67 heavy (non-hydrogen) atoms. The van der Waals surface area contributed by atoms with Gasteiger partial charge in [0.2, 0.25) is 0 Å². The molecule has 0 amide bonds. The summed E-state index contributed by atoms with van der Waals surface area (Å²) in [7, 11) is 0. The van der Waals surface area contributed by atoms with E-state index >= 15 is 0 Å². The molecule has 0 radical (unpaired) electrons. The fraction of sp³-hybridized carbons (Fsp3) is 0.787. The topological polar surface area (TPSA) is 78.9 Å². The molecule has 0 fully saturated rings. The average Bonchev–Trinajstić information content (AvgIpc) is 3.33. The molecule has 6 nitrogen and oxygen atoms in total. The zero-order valence-electron chi connectivity index (χ0n) is 44.4. The van der Waals surface area contributed by atoms with Gasteiger partial charge in [0.15, 0.2) is 6.10 Å². The van der Waals surface area contributed by atoms with Gasteiger partial charge in [0.05, 0.1) is 0 Å². The summed E-state index contributed by atoms with van der Waals surface area (Å²) in [5, 5.41) is 0. The number of carbonyl (C=O) groups is 3. The molecule has 1 atom stereocenters. The first-order valence-corrected chi connectivity index (χ1v) is 28.8. The van der Waals surface area contributed by atoms with E-state index in [1.807, 2.05) is 0 Å². The van der Waals surface area contributed by atoms with Crippen LogP contribution in [-0.4, -0.2) is 37.2 Å². The highest BCUT2D eigenvalue weighted by Crippen LogP contribution is 2.16. The van der Waals surface area contributed by atoms with E-state index in [9.17, 15) is 14.4 Å². The lowest BCUT2D eigenvalue weighted by molar-refractivity contribution is -0.167. The molecular weight excluding hydrogens is 829 g/mol. The Morgan fingerprint density at radius 2 is 0.582 bits per heavy atom. The first-order valence-electron chi connectivity index (χ1n) is 28.8. The molecule has 0 spiro atoms. The standard InChI is InChI=1S/C61H108O6/c1-4-7-10-13-16-19-22-25-28-31-34-36-39-42-45-48-51-54-60(63)66-57-58(67-61(64)55-52-49-46-43-40-37-33-30-27-24-21-18-15-12-9-6-3)56-65-59(62)53-50-47-44-41-38-35-32-29-26-23-20-17-14-11-8-5-2/h7,10,16,19,21,24-25,28,30,33,58H,4-6,8-9,11-15,17-18,20,22-23,26-27,29,31-32,34-57H2,1-3H3/b10-7-,19-16-,24-21-,28-25-,33-30-. The molecule has 0 aromatic heterocycles. The summed E-state index contributed by atoms with van der Waals surface area (Å²) in [6.07, 6.45) is 69.2. The zero-order valence-corrected chi connectivity index (χ0v) is 44.4. The summed E-state index contributed by atoms with van der Waals surface area (Å²) < 4.78 is 16.9. The Morgan fingerprint density at radius 3 is 0.925 bits per heavy atom. The largest absolute Gasteiger partial charge is 0.462 e. The molecule has 0 aliphatic carbocycles. The van der Waals surface area contributed by atoms with Crippen LogP contribution in [0.3, 0.4) is 0 Å². The van der Waals surface area contributed by atoms with Crippen LogP contribution in [0.1, 0.15) is 290 Å². The number of carbonyl (C=O) groups excluding carboxylic acids is 3. The summed E-state index contributed by atoms with van der Waals surface area (Å²) in [6, 6.07) is 0. The Labute approximate surface area is 415 Å². The van der Waals surface area contributed by atoms with Crippen molar-refractivity contribution in [2.45, 2.75) is 297 Å². The maximum atomic E-state index is 12.8. The van der Waals surface area contributed by atoms with Gasteiger partial charge in [-0.3, -0.25) is 14.4 Å². The lowest BCUT2D eigenvalue weighted by Crippen LogP contribution is -2.30.